The molecule has 1 unspecified atom stereocenters. The Morgan fingerprint density at radius 2 is 2.08 bits per heavy atom. The number of amides is 1. The Morgan fingerprint density at radius 3 is 2.84 bits per heavy atom. The summed E-state index contributed by atoms with van der Waals surface area (Å²) in [6, 6.07) is 7.88. The zero-order valence-electron chi connectivity index (χ0n) is 14.6. The quantitative estimate of drug-likeness (QED) is 0.767. The molecular formula is C18H21N5O2. The number of aromatic nitrogens is 4. The Bertz CT molecular complexity index is 973. The number of rotatable bonds is 5. The van der Waals surface area contributed by atoms with Crippen molar-refractivity contribution >= 4 is 16.9 Å². The van der Waals surface area contributed by atoms with E-state index in [0.29, 0.717) is 11.0 Å². The Balaban J connectivity index is 1.66. The molecule has 0 radical (unpaired) electrons. The second kappa shape index (κ2) is 6.88. The third kappa shape index (κ3) is 3.45. The molecule has 3 rings (SSSR count). The lowest BCUT2D eigenvalue weighted by atomic mass is 10.0. The van der Waals surface area contributed by atoms with Gasteiger partial charge in [0.2, 0.25) is 5.91 Å². The lowest BCUT2D eigenvalue weighted by molar-refractivity contribution is -0.121. The van der Waals surface area contributed by atoms with Crippen LogP contribution in [-0.2, 0) is 18.4 Å². The van der Waals surface area contributed by atoms with Crippen LogP contribution in [0.5, 0.6) is 0 Å². The Labute approximate surface area is 145 Å². The molecule has 0 saturated heterocycles. The van der Waals surface area contributed by atoms with E-state index in [1.165, 1.54) is 17.1 Å². The SMILES string of the molecule is Cc1ccccc1C(C)NC(=O)CCn1cnc2c(cnn2C)c1=O. The van der Waals surface area contributed by atoms with Crippen LogP contribution in [0.15, 0.2) is 41.6 Å². The summed E-state index contributed by atoms with van der Waals surface area (Å²) in [6.07, 6.45) is 3.18. The van der Waals surface area contributed by atoms with Crippen LogP contribution >= 0.6 is 0 Å². The van der Waals surface area contributed by atoms with Gasteiger partial charge in [0.25, 0.3) is 5.56 Å². The molecule has 1 atom stereocenters. The monoisotopic (exact) mass is 339 g/mol. The van der Waals surface area contributed by atoms with Crippen LogP contribution in [0.25, 0.3) is 11.0 Å². The molecule has 1 amide bonds. The number of hydrogen-bond acceptors (Lipinski definition) is 4. The predicted molar refractivity (Wildman–Crippen MR) is 95.1 cm³/mol. The smallest absolute Gasteiger partial charge is 0.264 e. The van der Waals surface area contributed by atoms with Crippen LogP contribution in [0.2, 0.25) is 0 Å². The molecule has 0 bridgehead atoms. The molecule has 0 aliphatic carbocycles. The van der Waals surface area contributed by atoms with Crippen molar-refractivity contribution in [1.82, 2.24) is 24.6 Å². The number of aryl methyl sites for hydroxylation is 3. The van der Waals surface area contributed by atoms with Crippen molar-refractivity contribution in [3.05, 3.63) is 58.3 Å². The molecule has 0 spiro atoms. The van der Waals surface area contributed by atoms with Gasteiger partial charge in [0.1, 0.15) is 5.39 Å². The number of carbonyl (C=O) groups excluding carboxylic acids is 1. The van der Waals surface area contributed by atoms with Crippen molar-refractivity contribution in [3.63, 3.8) is 0 Å². The van der Waals surface area contributed by atoms with Crippen molar-refractivity contribution < 1.29 is 4.79 Å². The number of hydrogen-bond donors (Lipinski definition) is 1. The minimum absolute atomic E-state index is 0.0793. The van der Waals surface area contributed by atoms with Gasteiger partial charge in [-0.2, -0.15) is 5.10 Å². The summed E-state index contributed by atoms with van der Waals surface area (Å²) in [6.45, 7) is 4.25. The van der Waals surface area contributed by atoms with Gasteiger partial charge in [0.05, 0.1) is 18.6 Å². The van der Waals surface area contributed by atoms with Gasteiger partial charge >= 0.3 is 0 Å². The van der Waals surface area contributed by atoms with Crippen molar-refractivity contribution in [2.45, 2.75) is 32.9 Å². The maximum Gasteiger partial charge on any atom is 0.264 e. The first-order valence-electron chi connectivity index (χ1n) is 8.19. The third-order valence-electron chi connectivity index (χ3n) is 4.33. The van der Waals surface area contributed by atoms with Gasteiger partial charge in [-0.05, 0) is 25.0 Å². The van der Waals surface area contributed by atoms with Crippen LogP contribution in [0, 0.1) is 6.92 Å². The van der Waals surface area contributed by atoms with E-state index in [4.69, 9.17) is 0 Å². The van der Waals surface area contributed by atoms with Crippen LogP contribution < -0.4 is 10.9 Å². The minimum Gasteiger partial charge on any atom is -0.350 e. The largest absolute Gasteiger partial charge is 0.350 e. The van der Waals surface area contributed by atoms with Gasteiger partial charge < -0.3 is 5.32 Å². The highest BCUT2D eigenvalue weighted by Crippen LogP contribution is 2.16. The van der Waals surface area contributed by atoms with Crippen molar-refractivity contribution in [1.29, 1.82) is 0 Å². The van der Waals surface area contributed by atoms with Gasteiger partial charge in [-0.3, -0.25) is 18.8 Å². The van der Waals surface area contributed by atoms with E-state index < -0.39 is 0 Å². The summed E-state index contributed by atoms with van der Waals surface area (Å²) in [5, 5.41) is 7.47. The summed E-state index contributed by atoms with van der Waals surface area (Å²) < 4.78 is 3.00. The highest BCUT2D eigenvalue weighted by Gasteiger charge is 2.13. The average Bonchev–Trinajstić information content (AvgIpc) is 2.96. The molecular weight excluding hydrogens is 318 g/mol. The molecule has 0 aliphatic rings. The minimum atomic E-state index is -0.183. The van der Waals surface area contributed by atoms with Crippen LogP contribution in [0.1, 0.15) is 30.5 Å². The summed E-state index contributed by atoms with van der Waals surface area (Å²) in [5.74, 6) is -0.103. The molecule has 7 nitrogen and oxygen atoms in total. The van der Waals surface area contributed by atoms with E-state index >= 15 is 0 Å². The second-order valence-electron chi connectivity index (χ2n) is 6.14. The van der Waals surface area contributed by atoms with Crippen LogP contribution in [0.3, 0.4) is 0 Å². The van der Waals surface area contributed by atoms with E-state index in [9.17, 15) is 9.59 Å². The molecule has 2 heterocycles. The number of nitrogens with zero attached hydrogens (tertiary/aromatic N) is 4. The molecule has 2 aromatic heterocycles. The van der Waals surface area contributed by atoms with Crippen molar-refractivity contribution in [2.24, 2.45) is 7.05 Å². The lowest BCUT2D eigenvalue weighted by Crippen LogP contribution is -2.29. The third-order valence-corrected chi connectivity index (χ3v) is 4.33. The summed E-state index contributed by atoms with van der Waals surface area (Å²) >= 11 is 0. The molecule has 0 aliphatic heterocycles. The number of carbonyl (C=O) groups is 1. The molecule has 1 aromatic carbocycles. The van der Waals surface area contributed by atoms with E-state index in [0.717, 1.165) is 11.1 Å². The summed E-state index contributed by atoms with van der Waals surface area (Å²) in [5.41, 5.74) is 2.58. The fraction of sp³-hybridized carbons (Fsp3) is 0.333. The van der Waals surface area contributed by atoms with Gasteiger partial charge in [-0.15, -0.1) is 0 Å². The molecule has 0 fully saturated rings. The van der Waals surface area contributed by atoms with Gasteiger partial charge in [0, 0.05) is 20.0 Å². The molecule has 3 aromatic rings. The topological polar surface area (TPSA) is 81.8 Å². The zero-order valence-corrected chi connectivity index (χ0v) is 14.6. The molecule has 25 heavy (non-hydrogen) atoms. The molecule has 1 N–H and O–H groups in total. The fourth-order valence-electron chi connectivity index (χ4n) is 2.91. The van der Waals surface area contributed by atoms with Crippen LogP contribution in [-0.4, -0.2) is 25.2 Å². The summed E-state index contributed by atoms with van der Waals surface area (Å²) in [4.78, 5) is 28.8. The number of benzene rings is 1. The number of fused-ring (bicyclic) bond motifs is 1. The Kier molecular flexibility index (Phi) is 4.65. The van der Waals surface area contributed by atoms with Crippen LogP contribution in [0.4, 0.5) is 0 Å². The van der Waals surface area contributed by atoms with E-state index in [1.807, 2.05) is 38.1 Å². The highest BCUT2D eigenvalue weighted by atomic mass is 16.2. The predicted octanol–water partition coefficient (Wildman–Crippen LogP) is 1.71. The van der Waals surface area contributed by atoms with Crippen molar-refractivity contribution in [2.75, 3.05) is 0 Å². The highest BCUT2D eigenvalue weighted by molar-refractivity contribution is 5.76. The van der Waals surface area contributed by atoms with Crippen molar-refractivity contribution in [3.8, 4) is 0 Å². The van der Waals surface area contributed by atoms with Gasteiger partial charge in [-0.1, -0.05) is 24.3 Å². The zero-order chi connectivity index (χ0) is 18.0. The molecule has 7 heteroatoms. The maximum atomic E-state index is 12.4. The van der Waals surface area contributed by atoms with E-state index in [1.54, 1.807) is 11.7 Å². The Hall–Kier alpha value is -2.96. The molecule has 0 saturated carbocycles. The average molecular weight is 339 g/mol. The summed E-state index contributed by atoms with van der Waals surface area (Å²) in [7, 11) is 1.74. The van der Waals surface area contributed by atoms with Gasteiger partial charge in [-0.25, -0.2) is 4.98 Å². The van der Waals surface area contributed by atoms with E-state index in [-0.39, 0.29) is 30.5 Å². The first kappa shape index (κ1) is 16.9. The second-order valence-corrected chi connectivity index (χ2v) is 6.14. The fourth-order valence-corrected chi connectivity index (χ4v) is 2.91. The van der Waals surface area contributed by atoms with Gasteiger partial charge in [0.15, 0.2) is 5.65 Å². The normalized spacial score (nSPS) is 12.3. The standard InChI is InChI=1S/C18H21N5O2/c1-12-6-4-5-7-14(12)13(2)21-16(24)8-9-23-11-19-17-15(18(23)25)10-20-22(17)3/h4-7,10-11,13H,8-9H2,1-3H3,(H,21,24). The first-order valence-corrected chi connectivity index (χ1v) is 8.19. The Morgan fingerprint density at radius 1 is 1.32 bits per heavy atom. The van der Waals surface area contributed by atoms with E-state index in [2.05, 4.69) is 15.4 Å². The maximum absolute atomic E-state index is 12.4. The number of nitrogens with one attached hydrogen (secondary N) is 1. The molecule has 130 valence electrons. The lowest BCUT2D eigenvalue weighted by Gasteiger charge is -2.16. The first-order chi connectivity index (χ1) is 12.0.